The van der Waals surface area contributed by atoms with Crippen LogP contribution in [0.2, 0.25) is 0 Å². The number of aliphatic hydroxyl groups is 1. The molecule has 2 atom stereocenters. The molecule has 37 heavy (non-hydrogen) atoms. The molecule has 3 aromatic heterocycles. The van der Waals surface area contributed by atoms with Gasteiger partial charge in [-0.1, -0.05) is 6.58 Å². The number of hydrogen-bond acceptors (Lipinski definition) is 6. The molecular weight excluding hydrogens is 470 g/mol. The highest BCUT2D eigenvalue weighted by atomic mass is 16.3. The number of aliphatic hydroxyl groups excluding tert-OH is 1. The number of fused-ring (bicyclic) bond motifs is 2. The lowest BCUT2D eigenvalue weighted by Gasteiger charge is -2.26. The molecule has 2 amide bonds. The van der Waals surface area contributed by atoms with Crippen molar-refractivity contribution >= 4 is 39.7 Å². The number of likely N-dealkylation sites (tertiary alicyclic amines) is 1. The quantitative estimate of drug-likeness (QED) is 0.391. The average Bonchev–Trinajstić information content (AvgIpc) is 3.31. The summed E-state index contributed by atoms with van der Waals surface area (Å²) in [5, 5.41) is 18.3. The summed E-state index contributed by atoms with van der Waals surface area (Å²) >= 11 is 0. The van der Waals surface area contributed by atoms with Crippen LogP contribution in [0.15, 0.2) is 49.3 Å². The summed E-state index contributed by atoms with van der Waals surface area (Å²) in [4.78, 5) is 36.6. The number of anilines is 1. The number of rotatable bonds is 6. The van der Waals surface area contributed by atoms with E-state index in [1.165, 1.54) is 6.08 Å². The van der Waals surface area contributed by atoms with E-state index in [0.29, 0.717) is 31.1 Å². The maximum Gasteiger partial charge on any atom is 0.258 e. The van der Waals surface area contributed by atoms with Crippen LogP contribution in [0.4, 0.5) is 5.95 Å². The summed E-state index contributed by atoms with van der Waals surface area (Å²) in [7, 11) is 0. The Hall–Kier alpha value is -4.05. The van der Waals surface area contributed by atoms with Gasteiger partial charge in [0.15, 0.2) is 0 Å². The smallest absolute Gasteiger partial charge is 0.258 e. The molecule has 1 saturated heterocycles. The molecule has 4 aromatic rings. The number of amides is 2. The average molecular weight is 502 g/mol. The van der Waals surface area contributed by atoms with E-state index >= 15 is 0 Å². The van der Waals surface area contributed by atoms with Crippen molar-refractivity contribution in [3.05, 3.63) is 60.6 Å². The third kappa shape index (κ3) is 4.97. The second kappa shape index (κ2) is 10.1. The number of benzene rings is 1. The Labute approximate surface area is 214 Å². The molecule has 4 heterocycles. The Kier molecular flexibility index (Phi) is 6.75. The molecule has 192 valence electrons. The molecule has 0 saturated carbocycles. The first kappa shape index (κ1) is 24.6. The first-order chi connectivity index (χ1) is 17.8. The molecule has 0 aliphatic carbocycles. The van der Waals surface area contributed by atoms with E-state index < -0.39 is 6.10 Å². The van der Waals surface area contributed by atoms with Gasteiger partial charge in [-0.05, 0) is 63.5 Å². The van der Waals surface area contributed by atoms with Gasteiger partial charge < -0.3 is 14.6 Å². The van der Waals surface area contributed by atoms with E-state index in [1.807, 2.05) is 28.5 Å². The van der Waals surface area contributed by atoms with Crippen LogP contribution in [0, 0.1) is 6.92 Å². The number of aryl methyl sites for hydroxylation is 1. The van der Waals surface area contributed by atoms with Crippen LogP contribution in [0.5, 0.6) is 0 Å². The highest BCUT2D eigenvalue weighted by Crippen LogP contribution is 2.33. The number of imidazole rings is 1. The Balaban J connectivity index is 1.63. The van der Waals surface area contributed by atoms with Crippen molar-refractivity contribution in [2.24, 2.45) is 0 Å². The Morgan fingerprint density at radius 2 is 2.11 bits per heavy atom. The van der Waals surface area contributed by atoms with Gasteiger partial charge >= 0.3 is 0 Å². The molecule has 1 fully saturated rings. The van der Waals surface area contributed by atoms with E-state index in [9.17, 15) is 14.7 Å². The Morgan fingerprint density at radius 1 is 1.27 bits per heavy atom. The lowest BCUT2D eigenvalue weighted by molar-refractivity contribution is -0.126. The van der Waals surface area contributed by atoms with Gasteiger partial charge in [-0.25, -0.2) is 4.98 Å². The zero-order valence-corrected chi connectivity index (χ0v) is 21.1. The largest absolute Gasteiger partial charge is 0.391 e. The van der Waals surface area contributed by atoms with E-state index in [4.69, 9.17) is 4.98 Å². The van der Waals surface area contributed by atoms with Gasteiger partial charge in [0.05, 0.1) is 41.4 Å². The number of pyridine rings is 1. The number of nitrogens with zero attached hydrogens (tertiary/aromatic N) is 6. The van der Waals surface area contributed by atoms with Crippen LogP contribution in [-0.4, -0.2) is 65.3 Å². The van der Waals surface area contributed by atoms with E-state index in [0.717, 1.165) is 46.9 Å². The molecule has 2 N–H and O–H groups in total. The molecule has 1 aliphatic rings. The number of nitrogens with one attached hydrogen (secondary N) is 1. The Morgan fingerprint density at radius 3 is 2.86 bits per heavy atom. The SMILES string of the molecule is C=CC(=O)N1CCCC[C@@H](n2c(NC(=O)c3ccnc(C)c3)nc3cc4cnn(C[C@@H](C)O)c4cc32)C1. The van der Waals surface area contributed by atoms with Crippen molar-refractivity contribution in [1.29, 1.82) is 0 Å². The second-order valence-electron chi connectivity index (χ2n) is 9.66. The van der Waals surface area contributed by atoms with Gasteiger partial charge in [0.25, 0.3) is 5.91 Å². The topological polar surface area (TPSA) is 118 Å². The van der Waals surface area contributed by atoms with Gasteiger partial charge in [0.2, 0.25) is 11.9 Å². The van der Waals surface area contributed by atoms with Gasteiger partial charge in [-0.15, -0.1) is 0 Å². The monoisotopic (exact) mass is 501 g/mol. The first-order valence-electron chi connectivity index (χ1n) is 12.5. The molecule has 0 unspecified atom stereocenters. The minimum atomic E-state index is -0.553. The first-order valence-corrected chi connectivity index (χ1v) is 12.5. The van der Waals surface area contributed by atoms with Crippen LogP contribution in [0.3, 0.4) is 0 Å². The van der Waals surface area contributed by atoms with Crippen molar-refractivity contribution in [3.63, 3.8) is 0 Å². The third-order valence-electron chi connectivity index (χ3n) is 6.77. The lowest BCUT2D eigenvalue weighted by atomic mass is 10.1. The fourth-order valence-electron chi connectivity index (χ4n) is 5.04. The summed E-state index contributed by atoms with van der Waals surface area (Å²) in [5.41, 5.74) is 3.66. The minimum absolute atomic E-state index is 0.100. The summed E-state index contributed by atoms with van der Waals surface area (Å²) < 4.78 is 3.81. The molecule has 10 nitrogen and oxygen atoms in total. The van der Waals surface area contributed by atoms with Gasteiger partial charge in [0.1, 0.15) is 0 Å². The lowest BCUT2D eigenvalue weighted by Crippen LogP contribution is -2.34. The highest BCUT2D eigenvalue weighted by molar-refractivity contribution is 6.04. The maximum atomic E-state index is 13.2. The van der Waals surface area contributed by atoms with Gasteiger partial charge in [-0.3, -0.25) is 24.6 Å². The van der Waals surface area contributed by atoms with E-state index in [2.05, 4.69) is 22.0 Å². The maximum absolute atomic E-state index is 13.2. The molecule has 1 aliphatic heterocycles. The van der Waals surface area contributed by atoms with Crippen LogP contribution in [0.1, 0.15) is 48.3 Å². The summed E-state index contributed by atoms with van der Waals surface area (Å²) in [6.45, 7) is 8.73. The zero-order chi connectivity index (χ0) is 26.1. The summed E-state index contributed by atoms with van der Waals surface area (Å²) in [5.74, 6) is 0.0427. The van der Waals surface area contributed by atoms with Crippen LogP contribution in [-0.2, 0) is 11.3 Å². The van der Waals surface area contributed by atoms with Crippen LogP contribution in [0.25, 0.3) is 21.9 Å². The van der Waals surface area contributed by atoms with Crippen molar-refractivity contribution in [1.82, 2.24) is 29.2 Å². The van der Waals surface area contributed by atoms with Crippen molar-refractivity contribution in [2.45, 2.75) is 51.8 Å². The van der Waals surface area contributed by atoms with Crippen LogP contribution < -0.4 is 5.32 Å². The predicted molar refractivity (Wildman–Crippen MR) is 141 cm³/mol. The third-order valence-corrected chi connectivity index (χ3v) is 6.77. The van der Waals surface area contributed by atoms with E-state index in [1.54, 1.807) is 36.1 Å². The van der Waals surface area contributed by atoms with E-state index in [-0.39, 0.29) is 17.9 Å². The molecule has 5 rings (SSSR count). The molecule has 0 spiro atoms. The molecular formula is C27H31N7O3. The van der Waals surface area contributed by atoms with Crippen molar-refractivity contribution in [3.8, 4) is 0 Å². The normalized spacial score (nSPS) is 17.1. The standard InChI is InChI=1S/C27H31N7O3/c1-4-25(36)32-10-6-5-7-21(16-32)34-24-13-23-20(14-29-33(23)15-18(3)35)12-22(24)30-27(34)31-26(37)19-8-9-28-17(2)11-19/h4,8-9,11-14,18,21,35H,1,5-7,10,15-16H2,2-3H3,(H,30,31,37)/t18-,21-/m1/s1. The minimum Gasteiger partial charge on any atom is -0.391 e. The molecule has 0 bridgehead atoms. The van der Waals surface area contributed by atoms with Crippen LogP contribution >= 0.6 is 0 Å². The zero-order valence-electron chi connectivity index (χ0n) is 21.1. The highest BCUT2D eigenvalue weighted by Gasteiger charge is 2.27. The number of aromatic nitrogens is 5. The van der Waals surface area contributed by atoms with Gasteiger partial charge in [0, 0.05) is 35.9 Å². The molecule has 10 heteroatoms. The number of carbonyl (C=O) groups is 2. The number of carbonyl (C=O) groups excluding carboxylic acids is 2. The fraction of sp³-hybridized carbons (Fsp3) is 0.370. The molecule has 1 aromatic carbocycles. The number of hydrogen-bond donors (Lipinski definition) is 2. The summed E-state index contributed by atoms with van der Waals surface area (Å²) in [6, 6.07) is 7.25. The predicted octanol–water partition coefficient (Wildman–Crippen LogP) is 3.46. The summed E-state index contributed by atoms with van der Waals surface area (Å²) in [6.07, 6.45) is 6.82. The van der Waals surface area contributed by atoms with Crippen molar-refractivity contribution in [2.75, 3.05) is 18.4 Å². The van der Waals surface area contributed by atoms with Gasteiger partial charge in [-0.2, -0.15) is 5.10 Å². The molecule has 0 radical (unpaired) electrons. The van der Waals surface area contributed by atoms with Crippen molar-refractivity contribution < 1.29 is 14.7 Å². The second-order valence-corrected chi connectivity index (χ2v) is 9.66. The Bertz CT molecular complexity index is 1490. The fourth-order valence-corrected chi connectivity index (χ4v) is 5.04.